The highest BCUT2D eigenvalue weighted by atomic mass is 35.5. The predicted molar refractivity (Wildman–Crippen MR) is 71.9 cm³/mol. The van der Waals surface area contributed by atoms with Crippen molar-refractivity contribution < 1.29 is 4.79 Å². The van der Waals surface area contributed by atoms with Crippen molar-refractivity contribution in [1.29, 1.82) is 0 Å². The van der Waals surface area contributed by atoms with E-state index in [0.29, 0.717) is 18.1 Å². The monoisotopic (exact) mass is 282 g/mol. The summed E-state index contributed by atoms with van der Waals surface area (Å²) in [5, 5.41) is 8.95. The van der Waals surface area contributed by atoms with Crippen molar-refractivity contribution in [3.63, 3.8) is 0 Å². The number of halogens is 1. The molecule has 19 heavy (non-hydrogen) atoms. The number of carbonyl (C=O) groups is 1. The normalized spacial score (nSPS) is 10.9. The van der Waals surface area contributed by atoms with Gasteiger partial charge in [-0.15, -0.1) is 0 Å². The van der Waals surface area contributed by atoms with Crippen LogP contribution in [0.2, 0.25) is 5.02 Å². The van der Waals surface area contributed by atoms with Gasteiger partial charge in [-0.05, 0) is 13.8 Å². The molecule has 0 aromatic carbocycles. The van der Waals surface area contributed by atoms with Gasteiger partial charge >= 0.3 is 0 Å². The lowest BCUT2D eigenvalue weighted by molar-refractivity contribution is 0.0995. The second kappa shape index (κ2) is 4.93. The van der Waals surface area contributed by atoms with Crippen molar-refractivity contribution in [3.05, 3.63) is 28.3 Å². The first-order valence-corrected chi connectivity index (χ1v) is 6.16. The van der Waals surface area contributed by atoms with E-state index >= 15 is 0 Å². The van der Waals surface area contributed by atoms with Crippen molar-refractivity contribution in [3.8, 4) is 0 Å². The molecule has 8 heteroatoms. The minimum absolute atomic E-state index is 0.0652. The van der Waals surface area contributed by atoms with Crippen LogP contribution in [-0.4, -0.2) is 25.5 Å². The van der Waals surface area contributed by atoms with E-state index < -0.39 is 5.91 Å². The van der Waals surface area contributed by atoms with E-state index in [2.05, 4.69) is 10.2 Å². The molecule has 2 aromatic heterocycles. The Hall–Kier alpha value is -2.02. The molecular formula is C11H15ClN6O. The first-order valence-electron chi connectivity index (χ1n) is 5.78. The summed E-state index contributed by atoms with van der Waals surface area (Å²) in [5.74, 6) is -0.650. The van der Waals surface area contributed by atoms with Gasteiger partial charge in [0.2, 0.25) is 0 Å². The zero-order valence-electron chi connectivity index (χ0n) is 10.7. The largest absolute Gasteiger partial charge is 0.396 e. The Balaban J connectivity index is 2.36. The Morgan fingerprint density at radius 3 is 2.68 bits per heavy atom. The molecule has 1 amide bonds. The minimum atomic E-state index is -0.650. The molecule has 2 rings (SSSR count). The van der Waals surface area contributed by atoms with Gasteiger partial charge in [0.05, 0.1) is 28.6 Å². The van der Waals surface area contributed by atoms with Gasteiger partial charge in [-0.1, -0.05) is 11.6 Å². The van der Waals surface area contributed by atoms with Gasteiger partial charge in [-0.2, -0.15) is 10.2 Å². The van der Waals surface area contributed by atoms with E-state index in [1.54, 1.807) is 10.9 Å². The average Bonchev–Trinajstić information content (AvgIpc) is 2.84. The van der Waals surface area contributed by atoms with E-state index in [1.807, 2.05) is 13.8 Å². The van der Waals surface area contributed by atoms with E-state index in [9.17, 15) is 4.79 Å². The Bertz CT molecular complexity index is 629. The van der Waals surface area contributed by atoms with Crippen LogP contribution in [0.25, 0.3) is 0 Å². The quantitative estimate of drug-likeness (QED) is 0.865. The molecule has 0 radical (unpaired) electrons. The number of aryl methyl sites for hydroxylation is 2. The van der Waals surface area contributed by atoms with Gasteiger partial charge < -0.3 is 11.5 Å². The number of carbonyl (C=O) groups excluding carboxylic acids is 1. The number of nitrogens with two attached hydrogens (primary N) is 2. The number of primary amides is 1. The minimum Gasteiger partial charge on any atom is -0.396 e. The number of hydrogen-bond donors (Lipinski definition) is 2. The van der Waals surface area contributed by atoms with Gasteiger partial charge in [-0.25, -0.2) is 0 Å². The number of rotatable bonds is 4. The van der Waals surface area contributed by atoms with Crippen LogP contribution in [0, 0.1) is 6.92 Å². The molecule has 0 unspecified atom stereocenters. The smallest absolute Gasteiger partial charge is 0.271 e. The number of nitrogen functional groups attached to an aromatic ring is 1. The maximum Gasteiger partial charge on any atom is 0.271 e. The van der Waals surface area contributed by atoms with Crippen LogP contribution >= 0.6 is 11.6 Å². The van der Waals surface area contributed by atoms with Crippen molar-refractivity contribution in [2.45, 2.75) is 26.9 Å². The second-order valence-electron chi connectivity index (χ2n) is 4.16. The van der Waals surface area contributed by atoms with E-state index in [4.69, 9.17) is 23.1 Å². The summed E-state index contributed by atoms with van der Waals surface area (Å²) in [6.45, 7) is 4.89. The average molecular weight is 283 g/mol. The Morgan fingerprint density at radius 2 is 2.16 bits per heavy atom. The Kier molecular flexibility index (Phi) is 3.48. The van der Waals surface area contributed by atoms with Gasteiger partial charge in [0.1, 0.15) is 0 Å². The maximum absolute atomic E-state index is 11.1. The van der Waals surface area contributed by atoms with Crippen LogP contribution < -0.4 is 11.5 Å². The SMILES string of the molecule is CCn1nc(C)c(Cl)c1Cn1cc(N)c(C(N)=O)n1. The molecule has 0 saturated heterocycles. The van der Waals surface area contributed by atoms with Gasteiger partial charge in [-0.3, -0.25) is 14.2 Å². The third kappa shape index (κ3) is 2.41. The molecule has 0 aliphatic rings. The summed E-state index contributed by atoms with van der Waals surface area (Å²) in [7, 11) is 0. The number of amides is 1. The summed E-state index contributed by atoms with van der Waals surface area (Å²) >= 11 is 6.20. The Morgan fingerprint density at radius 1 is 1.47 bits per heavy atom. The van der Waals surface area contributed by atoms with Crippen LogP contribution in [0.3, 0.4) is 0 Å². The van der Waals surface area contributed by atoms with Crippen molar-refractivity contribution >= 4 is 23.2 Å². The lowest BCUT2D eigenvalue weighted by Crippen LogP contribution is -2.15. The fourth-order valence-electron chi connectivity index (χ4n) is 1.88. The highest BCUT2D eigenvalue weighted by molar-refractivity contribution is 6.31. The second-order valence-corrected chi connectivity index (χ2v) is 4.53. The molecule has 4 N–H and O–H groups in total. The molecule has 0 saturated carbocycles. The first-order chi connectivity index (χ1) is 8.93. The molecule has 2 aromatic rings. The fourth-order valence-corrected chi connectivity index (χ4v) is 2.08. The van der Waals surface area contributed by atoms with E-state index in [-0.39, 0.29) is 11.4 Å². The van der Waals surface area contributed by atoms with Crippen LogP contribution in [0.15, 0.2) is 6.20 Å². The third-order valence-electron chi connectivity index (χ3n) is 2.79. The molecule has 0 spiro atoms. The molecule has 0 bridgehead atoms. The fraction of sp³-hybridized carbons (Fsp3) is 0.364. The third-order valence-corrected chi connectivity index (χ3v) is 3.28. The van der Waals surface area contributed by atoms with Gasteiger partial charge in [0.25, 0.3) is 5.91 Å². The van der Waals surface area contributed by atoms with Gasteiger partial charge in [0.15, 0.2) is 5.69 Å². The van der Waals surface area contributed by atoms with E-state index in [0.717, 1.165) is 11.4 Å². The van der Waals surface area contributed by atoms with Crippen LogP contribution in [-0.2, 0) is 13.1 Å². The zero-order chi connectivity index (χ0) is 14.2. The number of nitrogens with zero attached hydrogens (tertiary/aromatic N) is 4. The highest BCUT2D eigenvalue weighted by Crippen LogP contribution is 2.21. The number of anilines is 1. The number of hydrogen-bond acceptors (Lipinski definition) is 4. The molecule has 0 aliphatic heterocycles. The molecule has 0 atom stereocenters. The summed E-state index contributed by atoms with van der Waals surface area (Å²) < 4.78 is 3.32. The highest BCUT2D eigenvalue weighted by Gasteiger charge is 2.16. The maximum atomic E-state index is 11.1. The predicted octanol–water partition coefficient (Wildman–Crippen LogP) is 0.791. The van der Waals surface area contributed by atoms with Crippen LogP contribution in [0.4, 0.5) is 5.69 Å². The van der Waals surface area contributed by atoms with Crippen molar-refractivity contribution in [1.82, 2.24) is 19.6 Å². The molecule has 0 fully saturated rings. The Labute approximate surface area is 115 Å². The lowest BCUT2D eigenvalue weighted by Gasteiger charge is -2.05. The topological polar surface area (TPSA) is 105 Å². The summed E-state index contributed by atoms with van der Waals surface area (Å²) in [6, 6.07) is 0. The van der Waals surface area contributed by atoms with E-state index in [1.165, 1.54) is 4.68 Å². The van der Waals surface area contributed by atoms with Crippen molar-refractivity contribution in [2.75, 3.05) is 5.73 Å². The van der Waals surface area contributed by atoms with Crippen LogP contribution in [0.1, 0.15) is 28.8 Å². The summed E-state index contributed by atoms with van der Waals surface area (Å²) in [6.07, 6.45) is 1.55. The van der Waals surface area contributed by atoms with Crippen LogP contribution in [0.5, 0.6) is 0 Å². The summed E-state index contributed by atoms with van der Waals surface area (Å²) in [5.41, 5.74) is 12.7. The first kappa shape index (κ1) is 13.4. The van der Waals surface area contributed by atoms with Crippen molar-refractivity contribution in [2.24, 2.45) is 5.73 Å². The number of aromatic nitrogens is 4. The molecular weight excluding hydrogens is 268 g/mol. The molecule has 7 nitrogen and oxygen atoms in total. The molecule has 2 heterocycles. The molecule has 0 aliphatic carbocycles. The molecule has 102 valence electrons. The zero-order valence-corrected chi connectivity index (χ0v) is 11.5. The van der Waals surface area contributed by atoms with Gasteiger partial charge in [0, 0.05) is 12.7 Å². The summed E-state index contributed by atoms with van der Waals surface area (Å²) in [4.78, 5) is 11.1. The standard InChI is InChI=1S/C11H15ClN6O/c1-3-18-8(9(12)6(2)15-18)5-17-4-7(13)10(16-17)11(14)19/h4H,3,5,13H2,1-2H3,(H2,14,19). The lowest BCUT2D eigenvalue weighted by atomic mass is 10.3.